The van der Waals surface area contributed by atoms with E-state index in [0.717, 1.165) is 36.8 Å². The van der Waals surface area contributed by atoms with Crippen LogP contribution in [0, 0.1) is 0 Å². The molecular formula is C12H22N4O. The van der Waals surface area contributed by atoms with E-state index in [-0.39, 0.29) is 6.10 Å². The van der Waals surface area contributed by atoms with Gasteiger partial charge < -0.3 is 15.7 Å². The van der Waals surface area contributed by atoms with Gasteiger partial charge in [0.2, 0.25) is 0 Å². The Morgan fingerprint density at radius 2 is 1.82 bits per heavy atom. The van der Waals surface area contributed by atoms with Crippen LogP contribution in [0.3, 0.4) is 0 Å². The first-order chi connectivity index (χ1) is 8.19. The normalized spacial score (nSPS) is 12.2. The Balaban J connectivity index is 2.72. The van der Waals surface area contributed by atoms with Gasteiger partial charge in [-0.05, 0) is 13.3 Å². The summed E-state index contributed by atoms with van der Waals surface area (Å²) in [5.41, 5.74) is 0. The van der Waals surface area contributed by atoms with Gasteiger partial charge in [0.15, 0.2) is 0 Å². The first-order valence-electron chi connectivity index (χ1n) is 6.23. The zero-order valence-electron chi connectivity index (χ0n) is 10.8. The van der Waals surface area contributed by atoms with Gasteiger partial charge in [-0.15, -0.1) is 0 Å². The highest BCUT2D eigenvalue weighted by Gasteiger charge is 2.05. The average molecular weight is 238 g/mol. The molecule has 0 radical (unpaired) electrons. The van der Waals surface area contributed by atoms with Crippen LogP contribution in [-0.2, 0) is 6.42 Å². The van der Waals surface area contributed by atoms with E-state index in [1.807, 2.05) is 26.8 Å². The molecule has 0 aliphatic carbocycles. The summed E-state index contributed by atoms with van der Waals surface area (Å²) < 4.78 is 0. The van der Waals surface area contributed by atoms with Crippen LogP contribution in [0.4, 0.5) is 11.6 Å². The fraction of sp³-hybridized carbons (Fsp3) is 0.667. The number of aryl methyl sites for hydroxylation is 1. The zero-order chi connectivity index (χ0) is 12.7. The van der Waals surface area contributed by atoms with Crippen molar-refractivity contribution in [2.24, 2.45) is 0 Å². The fourth-order valence-corrected chi connectivity index (χ4v) is 1.38. The lowest BCUT2D eigenvalue weighted by Crippen LogP contribution is -2.19. The van der Waals surface area contributed by atoms with Crippen molar-refractivity contribution in [2.75, 3.05) is 23.7 Å². The quantitative estimate of drug-likeness (QED) is 0.674. The van der Waals surface area contributed by atoms with Crippen molar-refractivity contribution in [1.29, 1.82) is 0 Å². The largest absolute Gasteiger partial charge is 0.391 e. The van der Waals surface area contributed by atoms with Crippen LogP contribution < -0.4 is 10.6 Å². The molecule has 0 amide bonds. The third-order valence-electron chi connectivity index (χ3n) is 2.44. The highest BCUT2D eigenvalue weighted by atomic mass is 16.3. The van der Waals surface area contributed by atoms with Crippen molar-refractivity contribution < 1.29 is 5.11 Å². The lowest BCUT2D eigenvalue weighted by atomic mass is 10.3. The van der Waals surface area contributed by atoms with Crippen molar-refractivity contribution in [3.8, 4) is 0 Å². The minimum Gasteiger partial charge on any atom is -0.391 e. The summed E-state index contributed by atoms with van der Waals surface area (Å²) in [5.74, 6) is 2.39. The zero-order valence-corrected chi connectivity index (χ0v) is 10.8. The van der Waals surface area contributed by atoms with Crippen molar-refractivity contribution in [2.45, 2.75) is 39.7 Å². The molecule has 5 nitrogen and oxygen atoms in total. The summed E-state index contributed by atoms with van der Waals surface area (Å²) in [7, 11) is 0. The van der Waals surface area contributed by atoms with Gasteiger partial charge in [0.25, 0.3) is 0 Å². The summed E-state index contributed by atoms with van der Waals surface area (Å²) in [6.07, 6.45) is 1.20. The third kappa shape index (κ3) is 4.56. The highest BCUT2D eigenvalue weighted by molar-refractivity contribution is 5.47. The molecule has 1 heterocycles. The molecule has 0 aliphatic rings. The Morgan fingerprint density at radius 3 is 2.35 bits per heavy atom. The number of aromatic nitrogens is 2. The molecule has 5 heteroatoms. The minimum absolute atomic E-state index is 0.336. The summed E-state index contributed by atoms with van der Waals surface area (Å²) in [6, 6.07) is 1.87. The first kappa shape index (κ1) is 13.7. The number of nitrogens with zero attached hydrogens (tertiary/aromatic N) is 2. The molecule has 0 spiro atoms. The molecule has 0 bridgehead atoms. The molecule has 1 aromatic rings. The van der Waals surface area contributed by atoms with E-state index in [0.29, 0.717) is 6.54 Å². The molecule has 1 unspecified atom stereocenters. The number of anilines is 2. The van der Waals surface area contributed by atoms with E-state index in [1.165, 1.54) is 0 Å². The number of aliphatic hydroxyl groups is 1. The summed E-state index contributed by atoms with van der Waals surface area (Å²) in [4.78, 5) is 8.73. The van der Waals surface area contributed by atoms with Gasteiger partial charge in [0.1, 0.15) is 17.5 Å². The van der Waals surface area contributed by atoms with Crippen LogP contribution >= 0.6 is 0 Å². The Hall–Kier alpha value is -1.36. The van der Waals surface area contributed by atoms with Crippen molar-refractivity contribution in [1.82, 2.24) is 9.97 Å². The number of hydrogen-bond donors (Lipinski definition) is 3. The maximum atomic E-state index is 9.50. The topological polar surface area (TPSA) is 70.1 Å². The van der Waals surface area contributed by atoms with Crippen molar-refractivity contribution >= 4 is 11.6 Å². The molecule has 0 aliphatic heterocycles. The van der Waals surface area contributed by atoms with E-state index in [9.17, 15) is 5.11 Å². The molecule has 17 heavy (non-hydrogen) atoms. The molecule has 1 rings (SSSR count). The first-order valence-corrected chi connectivity index (χ1v) is 6.23. The van der Waals surface area contributed by atoms with Crippen LogP contribution in [0.2, 0.25) is 0 Å². The molecule has 0 aromatic carbocycles. The minimum atomic E-state index is -0.336. The van der Waals surface area contributed by atoms with E-state index >= 15 is 0 Å². The van der Waals surface area contributed by atoms with Gasteiger partial charge in [-0.2, -0.15) is 0 Å². The number of nitrogens with one attached hydrogen (secondary N) is 2. The molecule has 1 aromatic heterocycles. The summed E-state index contributed by atoms with van der Waals surface area (Å²) in [6.45, 7) is 7.35. The Bertz CT molecular complexity index is 343. The second kappa shape index (κ2) is 7.06. The van der Waals surface area contributed by atoms with Gasteiger partial charge in [-0.25, -0.2) is 9.97 Å². The predicted octanol–water partition coefficient (Wildman–Crippen LogP) is 1.65. The standard InChI is InChI=1S/C12H22N4O/c1-4-9(17)8-14-12-7-11(13-6-3)15-10(5-2)16-12/h7,9,17H,4-6,8H2,1-3H3,(H2,13,14,15,16). The number of hydrogen-bond acceptors (Lipinski definition) is 5. The van der Waals surface area contributed by atoms with Crippen LogP contribution in [0.15, 0.2) is 6.07 Å². The lowest BCUT2D eigenvalue weighted by Gasteiger charge is -2.12. The second-order valence-electron chi connectivity index (χ2n) is 3.88. The van der Waals surface area contributed by atoms with E-state index < -0.39 is 0 Å². The molecule has 0 saturated carbocycles. The molecule has 3 N–H and O–H groups in total. The summed E-state index contributed by atoms with van der Waals surface area (Å²) >= 11 is 0. The SMILES string of the molecule is CCNc1cc(NCC(O)CC)nc(CC)n1. The molecule has 0 saturated heterocycles. The molecular weight excluding hydrogens is 216 g/mol. The molecule has 0 fully saturated rings. The van der Waals surface area contributed by atoms with Crippen LogP contribution in [0.5, 0.6) is 0 Å². The van der Waals surface area contributed by atoms with Gasteiger partial charge in [-0.1, -0.05) is 13.8 Å². The Kier molecular flexibility index (Phi) is 5.69. The highest BCUT2D eigenvalue weighted by Crippen LogP contribution is 2.11. The fourth-order valence-electron chi connectivity index (χ4n) is 1.38. The van der Waals surface area contributed by atoms with Gasteiger partial charge in [0.05, 0.1) is 6.10 Å². The van der Waals surface area contributed by atoms with Crippen LogP contribution in [0.1, 0.15) is 33.0 Å². The lowest BCUT2D eigenvalue weighted by molar-refractivity contribution is 0.183. The Labute approximate surface area is 103 Å². The number of aliphatic hydroxyl groups excluding tert-OH is 1. The van der Waals surface area contributed by atoms with Gasteiger partial charge >= 0.3 is 0 Å². The predicted molar refractivity (Wildman–Crippen MR) is 70.4 cm³/mol. The smallest absolute Gasteiger partial charge is 0.132 e. The maximum Gasteiger partial charge on any atom is 0.132 e. The van der Waals surface area contributed by atoms with Crippen LogP contribution in [0.25, 0.3) is 0 Å². The monoisotopic (exact) mass is 238 g/mol. The van der Waals surface area contributed by atoms with Gasteiger partial charge in [-0.3, -0.25) is 0 Å². The van der Waals surface area contributed by atoms with Crippen molar-refractivity contribution in [3.63, 3.8) is 0 Å². The summed E-state index contributed by atoms with van der Waals surface area (Å²) in [5, 5.41) is 15.8. The van der Waals surface area contributed by atoms with E-state index in [1.54, 1.807) is 0 Å². The van der Waals surface area contributed by atoms with E-state index in [2.05, 4.69) is 20.6 Å². The van der Waals surface area contributed by atoms with Gasteiger partial charge in [0, 0.05) is 25.6 Å². The Morgan fingerprint density at radius 1 is 1.18 bits per heavy atom. The number of rotatable bonds is 7. The van der Waals surface area contributed by atoms with Crippen molar-refractivity contribution in [3.05, 3.63) is 11.9 Å². The average Bonchev–Trinajstić information content (AvgIpc) is 2.36. The maximum absolute atomic E-state index is 9.50. The molecule has 1 atom stereocenters. The van der Waals surface area contributed by atoms with E-state index in [4.69, 9.17) is 0 Å². The van der Waals surface area contributed by atoms with Crippen LogP contribution in [-0.4, -0.2) is 34.3 Å². The second-order valence-corrected chi connectivity index (χ2v) is 3.88. The molecule has 96 valence electrons. The third-order valence-corrected chi connectivity index (χ3v) is 2.44.